The Bertz CT molecular complexity index is 1200. The molecule has 0 saturated carbocycles. The number of hydrogen-bond donors (Lipinski definition) is 1. The topological polar surface area (TPSA) is 90.4 Å². The normalized spacial score (nSPS) is 15.1. The SMILES string of the molecule is COc1cc(Nc2nc(N3CCN(Cc4ccc5c(c4)OCO5)CC3)ncc2C)cc(OC)c1OC. The maximum Gasteiger partial charge on any atom is 0.231 e. The summed E-state index contributed by atoms with van der Waals surface area (Å²) >= 11 is 0. The summed E-state index contributed by atoms with van der Waals surface area (Å²) < 4.78 is 27.3. The van der Waals surface area contributed by atoms with E-state index in [0.29, 0.717) is 30.0 Å². The first kappa shape index (κ1) is 23.8. The van der Waals surface area contributed by atoms with Crippen LogP contribution < -0.4 is 33.9 Å². The van der Waals surface area contributed by atoms with Crippen LogP contribution in [-0.4, -0.2) is 69.2 Å². The molecule has 2 aliphatic heterocycles. The molecule has 2 aromatic carbocycles. The lowest BCUT2D eigenvalue weighted by Gasteiger charge is -2.35. The second-order valence-electron chi connectivity index (χ2n) is 8.69. The van der Waals surface area contributed by atoms with Gasteiger partial charge in [-0.15, -0.1) is 0 Å². The summed E-state index contributed by atoms with van der Waals surface area (Å²) in [5.41, 5.74) is 2.94. The van der Waals surface area contributed by atoms with Crippen LogP contribution in [0.25, 0.3) is 0 Å². The van der Waals surface area contributed by atoms with Crippen LogP contribution in [-0.2, 0) is 6.54 Å². The van der Waals surface area contributed by atoms with Crippen molar-refractivity contribution in [3.8, 4) is 28.7 Å². The lowest BCUT2D eigenvalue weighted by molar-refractivity contribution is 0.174. The van der Waals surface area contributed by atoms with E-state index in [9.17, 15) is 0 Å². The van der Waals surface area contributed by atoms with Gasteiger partial charge >= 0.3 is 0 Å². The quantitative estimate of drug-likeness (QED) is 0.502. The average molecular weight is 494 g/mol. The molecule has 0 spiro atoms. The number of aryl methyl sites for hydroxylation is 1. The second-order valence-corrected chi connectivity index (χ2v) is 8.69. The molecule has 1 fully saturated rings. The minimum Gasteiger partial charge on any atom is -0.493 e. The molecule has 3 heterocycles. The molecule has 36 heavy (non-hydrogen) atoms. The maximum absolute atomic E-state index is 5.51. The summed E-state index contributed by atoms with van der Waals surface area (Å²) in [4.78, 5) is 14.1. The van der Waals surface area contributed by atoms with Crippen molar-refractivity contribution in [1.82, 2.24) is 14.9 Å². The monoisotopic (exact) mass is 493 g/mol. The predicted molar refractivity (Wildman–Crippen MR) is 136 cm³/mol. The number of aromatic nitrogens is 2. The number of benzene rings is 2. The molecule has 0 amide bonds. The van der Waals surface area contributed by atoms with Gasteiger partial charge in [-0.2, -0.15) is 4.98 Å². The van der Waals surface area contributed by atoms with Gasteiger partial charge < -0.3 is 33.9 Å². The molecule has 0 radical (unpaired) electrons. The first-order valence-electron chi connectivity index (χ1n) is 11.8. The van der Waals surface area contributed by atoms with Gasteiger partial charge in [-0.25, -0.2) is 4.98 Å². The molecular weight excluding hydrogens is 462 g/mol. The number of methoxy groups -OCH3 is 3. The minimum atomic E-state index is 0.296. The third-order valence-electron chi connectivity index (χ3n) is 6.38. The van der Waals surface area contributed by atoms with Gasteiger partial charge in [0.05, 0.1) is 21.3 Å². The van der Waals surface area contributed by atoms with Crippen LogP contribution in [0.1, 0.15) is 11.1 Å². The molecule has 190 valence electrons. The Kier molecular flexibility index (Phi) is 6.86. The number of nitrogens with one attached hydrogen (secondary N) is 1. The van der Waals surface area contributed by atoms with Gasteiger partial charge in [0, 0.05) is 62.3 Å². The van der Waals surface area contributed by atoms with Crippen LogP contribution in [0.4, 0.5) is 17.5 Å². The summed E-state index contributed by atoms with van der Waals surface area (Å²) in [6.07, 6.45) is 1.85. The van der Waals surface area contributed by atoms with E-state index in [2.05, 4.69) is 32.2 Å². The molecular formula is C26H31N5O5. The second kappa shape index (κ2) is 10.4. The Morgan fingerprint density at radius 1 is 0.917 bits per heavy atom. The zero-order chi connectivity index (χ0) is 25.1. The fourth-order valence-corrected chi connectivity index (χ4v) is 4.41. The highest BCUT2D eigenvalue weighted by Gasteiger charge is 2.21. The highest BCUT2D eigenvalue weighted by Crippen LogP contribution is 2.40. The van der Waals surface area contributed by atoms with E-state index in [1.165, 1.54) is 5.56 Å². The van der Waals surface area contributed by atoms with Crippen LogP contribution >= 0.6 is 0 Å². The number of ether oxygens (including phenoxy) is 5. The van der Waals surface area contributed by atoms with Crippen LogP contribution in [0, 0.1) is 6.92 Å². The van der Waals surface area contributed by atoms with E-state index in [4.69, 9.17) is 28.7 Å². The van der Waals surface area contributed by atoms with E-state index in [-0.39, 0.29) is 0 Å². The van der Waals surface area contributed by atoms with Crippen LogP contribution in [0.15, 0.2) is 36.5 Å². The summed E-state index contributed by atoms with van der Waals surface area (Å²) in [5.74, 6) is 4.77. The van der Waals surface area contributed by atoms with Crippen LogP contribution in [0.3, 0.4) is 0 Å². The number of piperazine rings is 1. The van der Waals surface area contributed by atoms with Crippen molar-refractivity contribution in [1.29, 1.82) is 0 Å². The molecule has 0 unspecified atom stereocenters. The van der Waals surface area contributed by atoms with Gasteiger partial charge in [0.1, 0.15) is 5.82 Å². The Hall–Kier alpha value is -3.92. The lowest BCUT2D eigenvalue weighted by atomic mass is 10.1. The summed E-state index contributed by atoms with van der Waals surface area (Å²) in [5, 5.41) is 3.39. The first-order chi connectivity index (χ1) is 17.6. The molecule has 10 nitrogen and oxygen atoms in total. The highest BCUT2D eigenvalue weighted by atomic mass is 16.7. The Labute approximate surface area is 210 Å². The van der Waals surface area contributed by atoms with E-state index in [1.54, 1.807) is 21.3 Å². The van der Waals surface area contributed by atoms with Crippen LogP contribution in [0.5, 0.6) is 28.7 Å². The van der Waals surface area contributed by atoms with E-state index in [0.717, 1.165) is 61.3 Å². The summed E-state index contributed by atoms with van der Waals surface area (Å²) in [7, 11) is 4.78. The lowest BCUT2D eigenvalue weighted by Crippen LogP contribution is -2.46. The van der Waals surface area contributed by atoms with E-state index < -0.39 is 0 Å². The number of rotatable bonds is 8. The van der Waals surface area contributed by atoms with Gasteiger partial charge in [0.15, 0.2) is 23.0 Å². The van der Waals surface area contributed by atoms with Crippen molar-refractivity contribution in [2.75, 3.05) is 64.5 Å². The van der Waals surface area contributed by atoms with Gasteiger partial charge in [-0.1, -0.05) is 6.07 Å². The standard InChI is InChI=1S/C26H31N5O5/c1-17-14-27-26(29-25(17)28-19-12-22(32-2)24(34-4)23(13-19)33-3)31-9-7-30(8-10-31)15-18-5-6-20-21(11-18)36-16-35-20/h5-6,11-14H,7-10,15-16H2,1-4H3,(H,27,28,29). The van der Waals surface area contributed by atoms with E-state index >= 15 is 0 Å². The summed E-state index contributed by atoms with van der Waals surface area (Å²) in [6.45, 7) is 6.67. The molecule has 0 atom stereocenters. The van der Waals surface area contributed by atoms with Crippen molar-refractivity contribution in [3.63, 3.8) is 0 Å². The Balaban J connectivity index is 1.25. The molecule has 0 bridgehead atoms. The molecule has 1 saturated heterocycles. The molecule has 10 heteroatoms. The van der Waals surface area contributed by atoms with Gasteiger partial charge in [-0.05, 0) is 24.6 Å². The maximum atomic E-state index is 5.51. The summed E-state index contributed by atoms with van der Waals surface area (Å²) in [6, 6.07) is 9.87. The fourth-order valence-electron chi connectivity index (χ4n) is 4.41. The third kappa shape index (κ3) is 4.90. The fraction of sp³-hybridized carbons (Fsp3) is 0.385. The van der Waals surface area contributed by atoms with Crippen LogP contribution in [0.2, 0.25) is 0 Å². The number of nitrogens with zero attached hydrogens (tertiary/aromatic N) is 4. The molecule has 1 aromatic heterocycles. The van der Waals surface area contributed by atoms with Gasteiger partial charge in [-0.3, -0.25) is 4.90 Å². The molecule has 0 aliphatic carbocycles. The average Bonchev–Trinajstić information content (AvgIpc) is 3.38. The Morgan fingerprint density at radius 2 is 1.64 bits per heavy atom. The molecule has 2 aliphatic rings. The minimum absolute atomic E-state index is 0.296. The largest absolute Gasteiger partial charge is 0.493 e. The predicted octanol–water partition coefficient (Wildman–Crippen LogP) is 3.61. The number of fused-ring (bicyclic) bond motifs is 1. The number of anilines is 3. The Morgan fingerprint density at radius 3 is 2.33 bits per heavy atom. The van der Waals surface area contributed by atoms with Gasteiger partial charge in [0.2, 0.25) is 18.5 Å². The van der Waals surface area contributed by atoms with Crippen molar-refractivity contribution in [2.45, 2.75) is 13.5 Å². The zero-order valence-electron chi connectivity index (χ0n) is 21.0. The molecule has 3 aromatic rings. The van der Waals surface area contributed by atoms with E-state index in [1.807, 2.05) is 31.3 Å². The molecule has 5 rings (SSSR count). The third-order valence-corrected chi connectivity index (χ3v) is 6.38. The van der Waals surface area contributed by atoms with Crippen molar-refractivity contribution >= 4 is 17.5 Å². The smallest absolute Gasteiger partial charge is 0.231 e. The zero-order valence-corrected chi connectivity index (χ0v) is 21.0. The number of hydrogen-bond acceptors (Lipinski definition) is 10. The first-order valence-corrected chi connectivity index (χ1v) is 11.8. The molecule has 1 N–H and O–H groups in total. The highest BCUT2D eigenvalue weighted by molar-refractivity contribution is 5.68. The van der Waals surface area contributed by atoms with Crippen molar-refractivity contribution < 1.29 is 23.7 Å². The van der Waals surface area contributed by atoms with Crippen molar-refractivity contribution in [3.05, 3.63) is 47.7 Å². The van der Waals surface area contributed by atoms with Gasteiger partial charge in [0.25, 0.3) is 0 Å². The van der Waals surface area contributed by atoms with Crippen molar-refractivity contribution in [2.24, 2.45) is 0 Å².